The average molecular weight is 275 g/mol. The van der Waals surface area contributed by atoms with Crippen molar-refractivity contribution in [3.8, 4) is 11.8 Å². The lowest BCUT2D eigenvalue weighted by Crippen LogP contribution is -2.20. The lowest BCUT2D eigenvalue weighted by molar-refractivity contribution is -0.112. The fraction of sp³-hybridized carbons (Fsp3) is 0.286. The molecule has 0 unspecified atom stereocenters. The third kappa shape index (κ3) is 4.30. The summed E-state index contributed by atoms with van der Waals surface area (Å²) in [6.45, 7) is 0.285. The number of nitriles is 1. The second kappa shape index (κ2) is 7.81. The molecule has 0 aliphatic heterocycles. The van der Waals surface area contributed by atoms with Gasteiger partial charge in [-0.25, -0.2) is 0 Å². The molecule has 6 heteroatoms. The number of ether oxygens (including phenoxy) is 1. The standard InChI is InChI=1S/C14H17N3O3/c1-17(7-8-18)10-11(9-15)14(19)16-12-5-3-4-6-13(12)20-2/h3-6,10,18H,7-8H2,1-2H3,(H,16,19)/b11-10-. The van der Waals surface area contributed by atoms with Crippen molar-refractivity contribution in [2.24, 2.45) is 0 Å². The van der Waals surface area contributed by atoms with E-state index in [1.165, 1.54) is 13.3 Å². The van der Waals surface area contributed by atoms with E-state index < -0.39 is 5.91 Å². The summed E-state index contributed by atoms with van der Waals surface area (Å²) < 4.78 is 5.12. The van der Waals surface area contributed by atoms with Crippen molar-refractivity contribution in [3.63, 3.8) is 0 Å². The molecular formula is C14H17N3O3. The number of aliphatic hydroxyl groups is 1. The first-order valence-corrected chi connectivity index (χ1v) is 5.99. The Bertz CT molecular complexity index is 535. The number of hydrogen-bond donors (Lipinski definition) is 2. The number of nitrogens with one attached hydrogen (secondary N) is 1. The topological polar surface area (TPSA) is 85.6 Å². The van der Waals surface area contributed by atoms with Crippen molar-refractivity contribution in [3.05, 3.63) is 36.0 Å². The van der Waals surface area contributed by atoms with Crippen LogP contribution in [0.1, 0.15) is 0 Å². The van der Waals surface area contributed by atoms with Crippen LogP contribution in [0, 0.1) is 11.3 Å². The Labute approximate surface area is 117 Å². The molecule has 0 fully saturated rings. The molecule has 0 aliphatic carbocycles. The van der Waals surface area contributed by atoms with Crippen LogP contribution >= 0.6 is 0 Å². The molecule has 0 radical (unpaired) electrons. The molecule has 0 aliphatic rings. The van der Waals surface area contributed by atoms with Crippen molar-refractivity contribution in [1.82, 2.24) is 4.90 Å². The highest BCUT2D eigenvalue weighted by Crippen LogP contribution is 2.23. The largest absolute Gasteiger partial charge is 0.495 e. The summed E-state index contributed by atoms with van der Waals surface area (Å²) in [5.74, 6) is -0.0105. The zero-order chi connectivity index (χ0) is 15.0. The van der Waals surface area contributed by atoms with E-state index in [0.717, 1.165) is 0 Å². The summed E-state index contributed by atoms with van der Waals surface area (Å²) in [4.78, 5) is 13.6. The van der Waals surface area contributed by atoms with E-state index in [2.05, 4.69) is 5.32 Å². The Balaban J connectivity index is 2.86. The van der Waals surface area contributed by atoms with Crippen LogP contribution in [0.2, 0.25) is 0 Å². The molecule has 6 nitrogen and oxygen atoms in total. The summed E-state index contributed by atoms with van der Waals surface area (Å²) >= 11 is 0. The fourth-order valence-electron chi connectivity index (χ4n) is 1.52. The third-order valence-corrected chi connectivity index (χ3v) is 2.52. The molecule has 1 rings (SSSR count). The third-order valence-electron chi connectivity index (χ3n) is 2.52. The summed E-state index contributed by atoms with van der Waals surface area (Å²) in [5, 5.41) is 20.4. The zero-order valence-electron chi connectivity index (χ0n) is 11.5. The van der Waals surface area contributed by atoms with Crippen LogP contribution in [0.25, 0.3) is 0 Å². The first-order valence-electron chi connectivity index (χ1n) is 5.99. The van der Waals surface area contributed by atoms with Gasteiger partial charge in [0.25, 0.3) is 5.91 Å². The number of amides is 1. The maximum Gasteiger partial charge on any atom is 0.267 e. The number of rotatable bonds is 6. The van der Waals surface area contributed by atoms with E-state index in [9.17, 15) is 4.79 Å². The molecule has 0 heterocycles. The van der Waals surface area contributed by atoms with E-state index in [-0.39, 0.29) is 12.2 Å². The number of carbonyl (C=O) groups excluding carboxylic acids is 1. The maximum absolute atomic E-state index is 12.0. The van der Waals surface area contributed by atoms with Crippen LogP contribution in [-0.4, -0.2) is 43.2 Å². The highest BCUT2D eigenvalue weighted by molar-refractivity contribution is 6.07. The highest BCUT2D eigenvalue weighted by Gasteiger charge is 2.12. The first-order chi connectivity index (χ1) is 9.62. The van der Waals surface area contributed by atoms with Crippen LogP contribution in [0.5, 0.6) is 5.75 Å². The van der Waals surface area contributed by atoms with Crippen LogP contribution in [0.15, 0.2) is 36.0 Å². The van der Waals surface area contributed by atoms with Crippen LogP contribution < -0.4 is 10.1 Å². The normalized spacial score (nSPS) is 10.6. The predicted molar refractivity (Wildman–Crippen MR) is 75.0 cm³/mol. The van der Waals surface area contributed by atoms with Crippen molar-refractivity contribution in [2.75, 3.05) is 32.6 Å². The van der Waals surface area contributed by atoms with Crippen molar-refractivity contribution < 1.29 is 14.6 Å². The van der Waals surface area contributed by atoms with Gasteiger partial charge in [-0.3, -0.25) is 4.79 Å². The van der Waals surface area contributed by atoms with E-state index in [4.69, 9.17) is 15.1 Å². The van der Waals surface area contributed by atoms with E-state index >= 15 is 0 Å². The average Bonchev–Trinajstić information content (AvgIpc) is 2.45. The minimum absolute atomic E-state index is 0.0492. The van der Waals surface area contributed by atoms with Crippen LogP contribution in [0.3, 0.4) is 0 Å². The van der Waals surface area contributed by atoms with Gasteiger partial charge in [0.05, 0.1) is 19.4 Å². The van der Waals surface area contributed by atoms with Gasteiger partial charge in [0.15, 0.2) is 0 Å². The maximum atomic E-state index is 12.0. The Hall–Kier alpha value is -2.52. The van der Waals surface area contributed by atoms with Crippen LogP contribution in [0.4, 0.5) is 5.69 Å². The monoisotopic (exact) mass is 275 g/mol. The molecule has 0 saturated carbocycles. The van der Waals surface area contributed by atoms with Gasteiger partial charge in [-0.2, -0.15) is 5.26 Å². The van der Waals surface area contributed by atoms with Gasteiger partial charge in [0.2, 0.25) is 0 Å². The van der Waals surface area contributed by atoms with Gasteiger partial charge in [0, 0.05) is 19.8 Å². The highest BCUT2D eigenvalue weighted by atomic mass is 16.5. The number of likely N-dealkylation sites (N-methyl/N-ethyl adjacent to an activating group) is 1. The summed E-state index contributed by atoms with van der Waals surface area (Å²) in [5.41, 5.74) is 0.442. The molecule has 0 atom stereocenters. The molecule has 1 aromatic carbocycles. The molecular weight excluding hydrogens is 258 g/mol. The Morgan fingerprint density at radius 1 is 1.55 bits per heavy atom. The number of para-hydroxylation sites is 2. The Morgan fingerprint density at radius 2 is 2.25 bits per heavy atom. The molecule has 106 valence electrons. The second-order valence-corrected chi connectivity index (χ2v) is 4.01. The first kappa shape index (κ1) is 15.5. The van der Waals surface area contributed by atoms with E-state index in [1.807, 2.05) is 6.07 Å². The quantitative estimate of drug-likeness (QED) is 0.596. The van der Waals surface area contributed by atoms with Gasteiger partial charge in [-0.1, -0.05) is 12.1 Å². The molecule has 2 N–H and O–H groups in total. The summed E-state index contributed by atoms with van der Waals surface area (Å²) in [6, 6.07) is 8.77. The lowest BCUT2D eigenvalue weighted by Gasteiger charge is -2.13. The SMILES string of the molecule is COc1ccccc1NC(=O)/C(C#N)=C\N(C)CCO. The van der Waals surface area contributed by atoms with Gasteiger partial charge < -0.3 is 20.1 Å². The number of nitrogens with zero attached hydrogens (tertiary/aromatic N) is 2. The van der Waals surface area contributed by atoms with Gasteiger partial charge in [-0.05, 0) is 12.1 Å². The van der Waals surface area contributed by atoms with Gasteiger partial charge in [-0.15, -0.1) is 0 Å². The van der Waals surface area contributed by atoms with Gasteiger partial charge >= 0.3 is 0 Å². The molecule has 20 heavy (non-hydrogen) atoms. The van der Waals surface area contributed by atoms with Crippen molar-refractivity contribution in [1.29, 1.82) is 5.26 Å². The zero-order valence-corrected chi connectivity index (χ0v) is 11.5. The van der Waals surface area contributed by atoms with E-state index in [0.29, 0.717) is 18.0 Å². The second-order valence-electron chi connectivity index (χ2n) is 4.01. The fourth-order valence-corrected chi connectivity index (χ4v) is 1.52. The molecule has 0 spiro atoms. The molecule has 0 saturated heterocycles. The van der Waals surface area contributed by atoms with E-state index in [1.54, 1.807) is 36.2 Å². The van der Waals surface area contributed by atoms with Crippen LogP contribution in [-0.2, 0) is 4.79 Å². The number of benzene rings is 1. The molecule has 1 aromatic rings. The summed E-state index contributed by atoms with van der Waals surface area (Å²) in [7, 11) is 3.17. The van der Waals surface area contributed by atoms with Gasteiger partial charge in [0.1, 0.15) is 17.4 Å². The number of aliphatic hydroxyl groups excluding tert-OH is 1. The Morgan fingerprint density at radius 3 is 2.85 bits per heavy atom. The lowest BCUT2D eigenvalue weighted by atomic mass is 10.2. The predicted octanol–water partition coefficient (Wildman–Crippen LogP) is 0.965. The summed E-state index contributed by atoms with van der Waals surface area (Å²) in [6.07, 6.45) is 1.39. The molecule has 0 aromatic heterocycles. The minimum atomic E-state index is -0.526. The molecule has 1 amide bonds. The molecule has 0 bridgehead atoms. The smallest absolute Gasteiger partial charge is 0.267 e. The van der Waals surface area contributed by atoms with Crippen molar-refractivity contribution >= 4 is 11.6 Å². The number of carbonyl (C=O) groups is 1. The number of anilines is 1. The Kier molecular flexibility index (Phi) is 6.07. The van der Waals surface area contributed by atoms with Crippen molar-refractivity contribution in [2.45, 2.75) is 0 Å². The number of methoxy groups -OCH3 is 1. The minimum Gasteiger partial charge on any atom is -0.495 e. The number of hydrogen-bond acceptors (Lipinski definition) is 5.